The van der Waals surface area contributed by atoms with E-state index in [1.165, 1.54) is 24.5 Å². The van der Waals surface area contributed by atoms with E-state index >= 15 is 0 Å². The van der Waals surface area contributed by atoms with Gasteiger partial charge in [-0.25, -0.2) is 9.37 Å². The molecule has 0 fully saturated rings. The molecule has 0 aliphatic rings. The van der Waals surface area contributed by atoms with Crippen molar-refractivity contribution in [2.24, 2.45) is 0 Å². The first-order chi connectivity index (χ1) is 8.19. The Morgan fingerprint density at radius 3 is 2.65 bits per heavy atom. The minimum absolute atomic E-state index is 0.174. The van der Waals surface area contributed by atoms with Gasteiger partial charge in [-0.3, -0.25) is 4.98 Å². The normalized spacial score (nSPS) is 10.3. The van der Waals surface area contributed by atoms with Crippen molar-refractivity contribution in [1.82, 2.24) is 9.97 Å². The number of hydrogen-bond acceptors (Lipinski definition) is 3. The van der Waals surface area contributed by atoms with Gasteiger partial charge in [-0.1, -0.05) is 11.6 Å². The zero-order valence-electron chi connectivity index (χ0n) is 8.53. The van der Waals surface area contributed by atoms with Crippen LogP contribution in [0.3, 0.4) is 0 Å². The summed E-state index contributed by atoms with van der Waals surface area (Å²) in [6, 6.07) is 3.84. The first-order valence-electron chi connectivity index (χ1n) is 4.69. The molecule has 17 heavy (non-hydrogen) atoms. The van der Waals surface area contributed by atoms with Crippen LogP contribution < -0.4 is 4.74 Å². The average molecular weight is 273 g/mol. The largest absolute Gasteiger partial charge is 0.436 e. The van der Waals surface area contributed by atoms with Gasteiger partial charge in [0.25, 0.3) is 0 Å². The molecule has 1 aromatic heterocycles. The molecule has 2 aromatic rings. The highest BCUT2D eigenvalue weighted by Crippen LogP contribution is 2.28. The molecule has 6 heteroatoms. The van der Waals surface area contributed by atoms with Gasteiger partial charge in [0.2, 0.25) is 5.88 Å². The molecule has 0 N–H and O–H groups in total. The molecular weight excluding hydrogens is 266 g/mol. The van der Waals surface area contributed by atoms with E-state index in [0.29, 0.717) is 11.4 Å². The highest BCUT2D eigenvalue weighted by molar-refractivity contribution is 6.32. The lowest BCUT2D eigenvalue weighted by Gasteiger charge is -2.06. The maximum absolute atomic E-state index is 12.8. The van der Waals surface area contributed by atoms with Crippen molar-refractivity contribution in [2.45, 2.75) is 5.88 Å². The summed E-state index contributed by atoms with van der Waals surface area (Å²) in [4.78, 5) is 7.99. The molecule has 0 aliphatic carbocycles. The lowest BCUT2D eigenvalue weighted by Crippen LogP contribution is -1.92. The minimum Gasteiger partial charge on any atom is -0.436 e. The maximum Gasteiger partial charge on any atom is 0.237 e. The van der Waals surface area contributed by atoms with Crippen LogP contribution in [0.1, 0.15) is 5.69 Å². The number of aromatic nitrogens is 2. The Kier molecular flexibility index (Phi) is 3.76. The number of benzene rings is 1. The number of rotatable bonds is 3. The quantitative estimate of drug-likeness (QED) is 0.798. The molecule has 0 aliphatic heterocycles. The van der Waals surface area contributed by atoms with Crippen LogP contribution in [-0.4, -0.2) is 9.97 Å². The fraction of sp³-hybridized carbons (Fsp3) is 0.0909. The first-order valence-corrected chi connectivity index (χ1v) is 5.60. The molecule has 0 radical (unpaired) electrons. The highest BCUT2D eigenvalue weighted by Gasteiger charge is 2.05. The van der Waals surface area contributed by atoms with Gasteiger partial charge in [0.05, 0.1) is 29.0 Å². The van der Waals surface area contributed by atoms with E-state index in [1.54, 1.807) is 0 Å². The summed E-state index contributed by atoms with van der Waals surface area (Å²) in [6.45, 7) is 0. The summed E-state index contributed by atoms with van der Waals surface area (Å²) in [7, 11) is 0. The second kappa shape index (κ2) is 5.29. The third-order valence-electron chi connectivity index (χ3n) is 1.93. The zero-order chi connectivity index (χ0) is 12.3. The Bertz CT molecular complexity index is 519. The average Bonchev–Trinajstić information content (AvgIpc) is 2.34. The van der Waals surface area contributed by atoms with Gasteiger partial charge in [-0.2, -0.15) is 0 Å². The Morgan fingerprint density at radius 1 is 1.24 bits per heavy atom. The van der Waals surface area contributed by atoms with Crippen LogP contribution in [0.4, 0.5) is 4.39 Å². The molecule has 0 spiro atoms. The molecule has 0 bridgehead atoms. The number of nitrogens with zero attached hydrogens (tertiary/aromatic N) is 2. The molecule has 0 saturated carbocycles. The summed E-state index contributed by atoms with van der Waals surface area (Å²) < 4.78 is 18.2. The predicted molar refractivity (Wildman–Crippen MR) is 63.1 cm³/mol. The number of alkyl halides is 1. The van der Waals surface area contributed by atoms with Gasteiger partial charge in [-0.15, -0.1) is 11.6 Å². The van der Waals surface area contributed by atoms with E-state index in [9.17, 15) is 4.39 Å². The van der Waals surface area contributed by atoms with Gasteiger partial charge in [0, 0.05) is 0 Å². The van der Waals surface area contributed by atoms with Gasteiger partial charge in [-0.05, 0) is 18.2 Å². The molecule has 88 valence electrons. The van der Waals surface area contributed by atoms with Gasteiger partial charge in [0.15, 0.2) is 0 Å². The SMILES string of the molecule is Fc1ccc(Oc2cnc(CCl)cn2)c(Cl)c1. The van der Waals surface area contributed by atoms with E-state index in [0.717, 1.165) is 6.07 Å². The van der Waals surface area contributed by atoms with E-state index in [4.69, 9.17) is 27.9 Å². The molecule has 3 nitrogen and oxygen atoms in total. The summed E-state index contributed by atoms with van der Waals surface area (Å²) >= 11 is 11.4. The van der Waals surface area contributed by atoms with Crippen molar-refractivity contribution >= 4 is 23.2 Å². The molecule has 1 heterocycles. The van der Waals surface area contributed by atoms with E-state index < -0.39 is 5.82 Å². The maximum atomic E-state index is 12.8. The summed E-state index contributed by atoms with van der Waals surface area (Å²) in [6.07, 6.45) is 2.93. The molecule has 0 saturated heterocycles. The summed E-state index contributed by atoms with van der Waals surface area (Å²) in [5.74, 6) is 0.448. The van der Waals surface area contributed by atoms with Crippen LogP contribution in [0, 0.1) is 5.82 Å². The first kappa shape index (κ1) is 12.1. The summed E-state index contributed by atoms with van der Waals surface area (Å²) in [5, 5.41) is 0.174. The predicted octanol–water partition coefficient (Wildman–Crippen LogP) is 3.80. The van der Waals surface area contributed by atoms with Crippen LogP contribution in [-0.2, 0) is 5.88 Å². The van der Waals surface area contributed by atoms with Crippen molar-refractivity contribution in [3.05, 3.63) is 47.1 Å². The van der Waals surface area contributed by atoms with Gasteiger partial charge < -0.3 is 4.74 Å². The second-order valence-corrected chi connectivity index (χ2v) is 3.83. The van der Waals surface area contributed by atoms with Crippen molar-refractivity contribution in [1.29, 1.82) is 0 Å². The Morgan fingerprint density at radius 2 is 2.06 bits per heavy atom. The van der Waals surface area contributed by atoms with Crippen LogP contribution in [0.15, 0.2) is 30.6 Å². The molecule has 1 aromatic carbocycles. The Balaban J connectivity index is 2.19. The standard InChI is InChI=1S/C11H7Cl2FN2O/c12-4-8-5-16-11(6-15-8)17-10-2-1-7(14)3-9(10)13/h1-3,5-6H,4H2. The molecule has 0 atom stereocenters. The Labute approximate surface area is 107 Å². The number of ether oxygens (including phenoxy) is 1. The second-order valence-electron chi connectivity index (χ2n) is 3.16. The van der Waals surface area contributed by atoms with Crippen LogP contribution in [0.5, 0.6) is 11.6 Å². The fourth-order valence-electron chi connectivity index (χ4n) is 1.14. The minimum atomic E-state index is -0.425. The van der Waals surface area contributed by atoms with Crippen molar-refractivity contribution in [2.75, 3.05) is 0 Å². The Hall–Kier alpha value is -1.39. The van der Waals surface area contributed by atoms with Crippen molar-refractivity contribution < 1.29 is 9.13 Å². The topological polar surface area (TPSA) is 35.0 Å². The molecule has 0 amide bonds. The lowest BCUT2D eigenvalue weighted by molar-refractivity contribution is 0.458. The number of hydrogen-bond donors (Lipinski definition) is 0. The zero-order valence-corrected chi connectivity index (χ0v) is 10.0. The van der Waals surface area contributed by atoms with Crippen molar-refractivity contribution in [3.63, 3.8) is 0 Å². The van der Waals surface area contributed by atoms with Crippen LogP contribution >= 0.6 is 23.2 Å². The highest BCUT2D eigenvalue weighted by atomic mass is 35.5. The molecule has 0 unspecified atom stereocenters. The third-order valence-corrected chi connectivity index (χ3v) is 2.50. The third kappa shape index (κ3) is 3.05. The molecular formula is C11H7Cl2FN2O. The fourth-order valence-corrected chi connectivity index (χ4v) is 1.48. The summed E-state index contributed by atoms with van der Waals surface area (Å²) in [5.41, 5.74) is 0.643. The van der Waals surface area contributed by atoms with Crippen molar-refractivity contribution in [3.8, 4) is 11.6 Å². The van der Waals surface area contributed by atoms with E-state index in [2.05, 4.69) is 9.97 Å². The lowest BCUT2D eigenvalue weighted by atomic mass is 10.3. The van der Waals surface area contributed by atoms with Gasteiger partial charge in [0.1, 0.15) is 11.6 Å². The van der Waals surface area contributed by atoms with E-state index in [1.807, 2.05) is 0 Å². The monoisotopic (exact) mass is 272 g/mol. The van der Waals surface area contributed by atoms with Gasteiger partial charge >= 0.3 is 0 Å². The smallest absolute Gasteiger partial charge is 0.237 e. The van der Waals surface area contributed by atoms with Crippen LogP contribution in [0.2, 0.25) is 5.02 Å². The number of halogens is 3. The van der Waals surface area contributed by atoms with Crippen LogP contribution in [0.25, 0.3) is 0 Å². The van der Waals surface area contributed by atoms with E-state index in [-0.39, 0.29) is 16.8 Å². The molecule has 2 rings (SSSR count).